The Kier molecular flexibility index (Phi) is 6.39. The average Bonchev–Trinajstić information content (AvgIpc) is 3.56. The standard InChI is InChI=1S/C24H31N7O5/c1-13-21(33)9-22(34)26-15-7-20(29(2)10-15)24(36)30-11-16(8-19(30)23(35)25-13)31-12-18(27-28-31)14-4-3-5-17(32)6-14/h3-6,12-13,15-16,19-21,32-33H,7-11H2,1-2H3,(H,25,35)(H,26,34)/t13-,15-,16-,19-,20-,21-/m0/s1. The maximum Gasteiger partial charge on any atom is 0.243 e. The van der Waals surface area contributed by atoms with Gasteiger partial charge in [0.25, 0.3) is 0 Å². The summed E-state index contributed by atoms with van der Waals surface area (Å²) in [4.78, 5) is 42.9. The molecule has 3 fully saturated rings. The molecule has 0 aliphatic carbocycles. The van der Waals surface area contributed by atoms with Crippen LogP contribution in [0.25, 0.3) is 11.3 Å². The Morgan fingerprint density at radius 1 is 1.08 bits per heavy atom. The van der Waals surface area contributed by atoms with Crippen molar-refractivity contribution in [3.63, 3.8) is 0 Å². The number of carbonyl (C=O) groups excluding carboxylic acids is 3. The van der Waals surface area contributed by atoms with Gasteiger partial charge in [-0.05, 0) is 32.5 Å². The van der Waals surface area contributed by atoms with Gasteiger partial charge in [0.15, 0.2) is 0 Å². The monoisotopic (exact) mass is 497 g/mol. The highest BCUT2D eigenvalue weighted by Crippen LogP contribution is 2.31. The van der Waals surface area contributed by atoms with Crippen LogP contribution in [0.1, 0.15) is 32.2 Å². The molecule has 36 heavy (non-hydrogen) atoms. The van der Waals surface area contributed by atoms with Crippen LogP contribution >= 0.6 is 0 Å². The molecule has 1 aromatic heterocycles. The number of aliphatic hydroxyl groups is 1. The number of likely N-dealkylation sites (tertiary alicyclic amines) is 1. The lowest BCUT2D eigenvalue weighted by atomic mass is 10.1. The van der Waals surface area contributed by atoms with Crippen LogP contribution in [0.4, 0.5) is 0 Å². The summed E-state index contributed by atoms with van der Waals surface area (Å²) in [6.45, 7) is 2.43. The van der Waals surface area contributed by atoms with E-state index in [0.717, 1.165) is 0 Å². The van der Waals surface area contributed by atoms with Crippen molar-refractivity contribution in [2.45, 2.75) is 62.5 Å². The van der Waals surface area contributed by atoms with Gasteiger partial charge in [0, 0.05) is 31.1 Å². The highest BCUT2D eigenvalue weighted by molar-refractivity contribution is 5.91. The SMILES string of the molecule is C[C@@H]1NC(=O)[C@@H]2C[C@H](n3cc(-c4cccc(O)c4)nn3)CN2C(=O)[C@@H]2C[C@@H](CN2C)NC(=O)C[C@@H]1O. The van der Waals surface area contributed by atoms with Gasteiger partial charge in [-0.15, -0.1) is 5.10 Å². The summed E-state index contributed by atoms with van der Waals surface area (Å²) in [6.07, 6.45) is 1.34. The Morgan fingerprint density at radius 3 is 2.67 bits per heavy atom. The van der Waals surface area contributed by atoms with Gasteiger partial charge < -0.3 is 25.7 Å². The van der Waals surface area contributed by atoms with Gasteiger partial charge in [-0.1, -0.05) is 17.3 Å². The number of likely N-dealkylation sites (N-methyl/N-ethyl adjacent to an activating group) is 1. The molecule has 3 amide bonds. The predicted octanol–water partition coefficient (Wildman–Crippen LogP) is -0.749. The molecule has 192 valence electrons. The number of hydrogen-bond donors (Lipinski definition) is 4. The fourth-order valence-electron chi connectivity index (χ4n) is 5.40. The average molecular weight is 498 g/mol. The van der Waals surface area contributed by atoms with Crippen molar-refractivity contribution >= 4 is 17.7 Å². The number of carbonyl (C=O) groups is 3. The molecule has 0 spiro atoms. The van der Waals surface area contributed by atoms with E-state index in [2.05, 4.69) is 20.9 Å². The van der Waals surface area contributed by atoms with Gasteiger partial charge in [-0.3, -0.25) is 19.3 Å². The number of phenolic OH excluding ortho intramolecular Hbond substituents is 1. The van der Waals surface area contributed by atoms with Crippen LogP contribution in [0.15, 0.2) is 30.5 Å². The Balaban J connectivity index is 1.42. The number of fused-ring (bicyclic) bond motifs is 3. The molecule has 0 saturated carbocycles. The number of amides is 3. The maximum atomic E-state index is 13.7. The van der Waals surface area contributed by atoms with E-state index in [0.29, 0.717) is 30.6 Å². The molecule has 5 rings (SSSR count). The molecule has 2 aromatic rings. The minimum absolute atomic E-state index is 0.121. The summed E-state index contributed by atoms with van der Waals surface area (Å²) in [5.74, 6) is -0.722. The summed E-state index contributed by atoms with van der Waals surface area (Å²) in [5.41, 5.74) is 1.28. The van der Waals surface area contributed by atoms with E-state index in [1.165, 1.54) is 0 Å². The third kappa shape index (κ3) is 4.65. The first-order valence-electron chi connectivity index (χ1n) is 12.2. The van der Waals surface area contributed by atoms with E-state index >= 15 is 0 Å². The first kappa shape index (κ1) is 24.2. The molecule has 3 aliphatic rings. The summed E-state index contributed by atoms with van der Waals surface area (Å²) >= 11 is 0. The second-order valence-electron chi connectivity index (χ2n) is 10.1. The second-order valence-corrected chi connectivity index (χ2v) is 10.1. The quantitative estimate of drug-likeness (QED) is 0.423. The molecule has 3 aliphatic heterocycles. The van der Waals surface area contributed by atoms with Crippen molar-refractivity contribution in [3.8, 4) is 17.0 Å². The Hall–Kier alpha value is -3.51. The number of aromatic nitrogens is 3. The molecular formula is C24H31N7O5. The molecular weight excluding hydrogens is 466 g/mol. The molecule has 0 unspecified atom stereocenters. The van der Waals surface area contributed by atoms with E-state index in [9.17, 15) is 24.6 Å². The molecule has 3 saturated heterocycles. The Morgan fingerprint density at radius 2 is 1.89 bits per heavy atom. The third-order valence-corrected chi connectivity index (χ3v) is 7.43. The van der Waals surface area contributed by atoms with Crippen molar-refractivity contribution < 1.29 is 24.6 Å². The van der Waals surface area contributed by atoms with Gasteiger partial charge in [0.2, 0.25) is 17.7 Å². The summed E-state index contributed by atoms with van der Waals surface area (Å²) in [5, 5.41) is 34.5. The smallest absolute Gasteiger partial charge is 0.243 e. The Bertz CT molecular complexity index is 1170. The van der Waals surface area contributed by atoms with Crippen molar-refractivity contribution in [3.05, 3.63) is 30.5 Å². The number of nitrogens with one attached hydrogen (secondary N) is 2. The molecule has 0 radical (unpaired) electrons. The van der Waals surface area contributed by atoms with Crippen LogP contribution in [0.3, 0.4) is 0 Å². The predicted molar refractivity (Wildman–Crippen MR) is 127 cm³/mol. The molecule has 4 N–H and O–H groups in total. The molecule has 6 atom stereocenters. The van der Waals surface area contributed by atoms with Gasteiger partial charge in [-0.2, -0.15) is 0 Å². The van der Waals surface area contributed by atoms with Gasteiger partial charge in [0.1, 0.15) is 17.5 Å². The molecule has 1 aromatic carbocycles. The summed E-state index contributed by atoms with van der Waals surface area (Å²) in [7, 11) is 1.83. The highest BCUT2D eigenvalue weighted by atomic mass is 16.3. The zero-order chi connectivity index (χ0) is 25.6. The lowest BCUT2D eigenvalue weighted by Crippen LogP contribution is -2.54. The minimum Gasteiger partial charge on any atom is -0.508 e. The van der Waals surface area contributed by atoms with E-state index in [1.54, 1.807) is 40.9 Å². The van der Waals surface area contributed by atoms with Crippen molar-refractivity contribution in [2.75, 3.05) is 20.1 Å². The number of aromatic hydroxyl groups is 1. The first-order chi connectivity index (χ1) is 17.2. The van der Waals surface area contributed by atoms with Gasteiger partial charge in [0.05, 0.1) is 36.8 Å². The second kappa shape index (κ2) is 9.51. The fourth-order valence-corrected chi connectivity index (χ4v) is 5.40. The van der Waals surface area contributed by atoms with Crippen molar-refractivity contribution in [2.24, 2.45) is 0 Å². The van der Waals surface area contributed by atoms with Crippen molar-refractivity contribution in [1.29, 1.82) is 0 Å². The molecule has 4 heterocycles. The zero-order valence-electron chi connectivity index (χ0n) is 20.2. The first-order valence-corrected chi connectivity index (χ1v) is 12.2. The van der Waals surface area contributed by atoms with Crippen LogP contribution in [-0.4, -0.2) is 103 Å². The topological polar surface area (TPSA) is 153 Å². The lowest BCUT2D eigenvalue weighted by Gasteiger charge is -2.30. The van der Waals surface area contributed by atoms with Crippen LogP contribution < -0.4 is 10.6 Å². The number of nitrogens with zero attached hydrogens (tertiary/aromatic N) is 5. The van der Waals surface area contributed by atoms with E-state index in [4.69, 9.17) is 0 Å². The van der Waals surface area contributed by atoms with Crippen molar-refractivity contribution in [1.82, 2.24) is 35.4 Å². The molecule has 12 heteroatoms. The van der Waals surface area contributed by atoms with E-state index < -0.39 is 24.2 Å². The molecule has 2 bridgehead atoms. The largest absolute Gasteiger partial charge is 0.508 e. The normalized spacial score (nSPS) is 31.8. The molecule has 12 nitrogen and oxygen atoms in total. The summed E-state index contributed by atoms with van der Waals surface area (Å²) < 4.78 is 1.66. The van der Waals surface area contributed by atoms with E-state index in [-0.39, 0.29) is 48.5 Å². The lowest BCUT2D eigenvalue weighted by molar-refractivity contribution is -0.142. The van der Waals surface area contributed by atoms with Crippen LogP contribution in [-0.2, 0) is 14.4 Å². The number of benzene rings is 1. The van der Waals surface area contributed by atoms with Crippen LogP contribution in [0.2, 0.25) is 0 Å². The van der Waals surface area contributed by atoms with Crippen LogP contribution in [0.5, 0.6) is 5.75 Å². The summed E-state index contributed by atoms with van der Waals surface area (Å²) in [6, 6.07) is 4.34. The zero-order valence-corrected chi connectivity index (χ0v) is 20.2. The van der Waals surface area contributed by atoms with Crippen LogP contribution in [0, 0.1) is 0 Å². The van der Waals surface area contributed by atoms with E-state index in [1.807, 2.05) is 18.0 Å². The number of aliphatic hydroxyl groups excluding tert-OH is 1. The highest BCUT2D eigenvalue weighted by Gasteiger charge is 2.46. The fraction of sp³-hybridized carbons (Fsp3) is 0.542. The number of hydrogen-bond acceptors (Lipinski definition) is 8. The maximum absolute atomic E-state index is 13.7. The van der Waals surface area contributed by atoms with Gasteiger partial charge >= 0.3 is 0 Å². The number of rotatable bonds is 2. The third-order valence-electron chi connectivity index (χ3n) is 7.43. The minimum atomic E-state index is -1.05. The number of phenols is 1. The Labute approximate surface area is 208 Å². The van der Waals surface area contributed by atoms with Gasteiger partial charge in [-0.25, -0.2) is 4.68 Å².